The molecule has 0 saturated carbocycles. The number of hydrogen-bond acceptors (Lipinski definition) is 3. The number of aromatic nitrogens is 4. The third-order valence-corrected chi connectivity index (χ3v) is 11.0. The van der Waals surface area contributed by atoms with Crippen molar-refractivity contribution in [1.29, 1.82) is 0 Å². The Bertz CT molecular complexity index is 2290. The Hall–Kier alpha value is -3.95. The van der Waals surface area contributed by atoms with E-state index in [4.69, 9.17) is 14.8 Å². The number of hydrogen-bond donors (Lipinski definition) is 0. The number of rotatable bonds is 8. The Morgan fingerprint density at radius 3 is 2.34 bits per heavy atom. The molecule has 3 heterocycles. The van der Waals surface area contributed by atoms with Crippen LogP contribution in [-0.4, -0.2) is 19.3 Å². The third-order valence-electron chi connectivity index (χ3n) is 11.0. The van der Waals surface area contributed by atoms with Gasteiger partial charge < -0.3 is 9.30 Å². The molecule has 0 bridgehead atoms. The molecular weight excluding hydrogens is 832 g/mol. The number of benzene rings is 3. The number of allylic oxidation sites excluding steroid dienone is 2. The molecule has 0 spiro atoms. The van der Waals surface area contributed by atoms with Gasteiger partial charge in [-0.3, -0.25) is 4.68 Å². The molecule has 3 aromatic carbocycles. The van der Waals surface area contributed by atoms with Crippen molar-refractivity contribution in [3.63, 3.8) is 0 Å². The molecule has 0 saturated heterocycles. The number of ether oxygens (including phenoxy) is 1. The van der Waals surface area contributed by atoms with Crippen LogP contribution >= 0.6 is 0 Å². The number of unbranched alkanes of at least 4 members (excludes halogenated alkanes) is 1. The zero-order valence-electron chi connectivity index (χ0n) is 33.1. The van der Waals surface area contributed by atoms with Gasteiger partial charge in [-0.25, -0.2) is 4.98 Å². The fourth-order valence-corrected chi connectivity index (χ4v) is 8.03. The van der Waals surface area contributed by atoms with Crippen LogP contribution in [0.15, 0.2) is 78.5 Å². The molecule has 6 heteroatoms. The first-order valence-electron chi connectivity index (χ1n) is 19.2. The van der Waals surface area contributed by atoms with Crippen molar-refractivity contribution in [2.45, 2.75) is 118 Å². The average Bonchev–Trinajstić information content (AvgIpc) is 3.60. The van der Waals surface area contributed by atoms with Crippen LogP contribution in [0.1, 0.15) is 122 Å². The molecule has 7 rings (SSSR count). The monoisotopic (exact) mass is 885 g/mol. The van der Waals surface area contributed by atoms with E-state index in [0.29, 0.717) is 23.3 Å². The minimum absolute atomic E-state index is 0. The van der Waals surface area contributed by atoms with Gasteiger partial charge in [0.05, 0.1) is 5.69 Å². The fraction of sp³-hybridized carbons (Fsp3) is 0.404. The second-order valence-electron chi connectivity index (χ2n) is 17.0. The molecule has 1 aliphatic rings. The Morgan fingerprint density at radius 2 is 1.62 bits per heavy atom. The van der Waals surface area contributed by atoms with E-state index in [1.54, 1.807) is 0 Å². The molecule has 5 nitrogen and oxygen atoms in total. The maximum Gasteiger partial charge on any atom is 2.00 e. The summed E-state index contributed by atoms with van der Waals surface area (Å²) >= 11 is 0. The first-order valence-corrected chi connectivity index (χ1v) is 19.2. The molecular formula is C47H54N4OPt. The molecule has 1 aliphatic carbocycles. The molecule has 2 atom stereocenters. The Balaban J connectivity index is 0.00000481. The number of pyridine rings is 1. The van der Waals surface area contributed by atoms with Crippen LogP contribution in [0, 0.1) is 25.0 Å². The van der Waals surface area contributed by atoms with Crippen LogP contribution in [-0.2, 0) is 38.3 Å². The molecule has 0 N–H and O–H groups in total. The van der Waals surface area contributed by atoms with Crippen LogP contribution < -0.4 is 4.74 Å². The third kappa shape index (κ3) is 7.57. The smallest absolute Gasteiger partial charge is 0.509 e. The van der Waals surface area contributed by atoms with E-state index < -0.39 is 0 Å². The summed E-state index contributed by atoms with van der Waals surface area (Å²) in [6.07, 6.45) is 9.94. The zero-order valence-corrected chi connectivity index (χ0v) is 35.4. The minimum Gasteiger partial charge on any atom is -0.509 e. The van der Waals surface area contributed by atoms with Crippen molar-refractivity contribution in [1.82, 2.24) is 19.3 Å². The molecule has 53 heavy (non-hydrogen) atoms. The van der Waals surface area contributed by atoms with Gasteiger partial charge in [0.25, 0.3) is 0 Å². The van der Waals surface area contributed by atoms with Gasteiger partial charge >= 0.3 is 21.1 Å². The van der Waals surface area contributed by atoms with Crippen LogP contribution in [0.25, 0.3) is 33.3 Å². The zero-order chi connectivity index (χ0) is 36.9. The van der Waals surface area contributed by atoms with E-state index in [0.717, 1.165) is 64.7 Å². The molecule has 0 aliphatic heterocycles. The molecule has 6 aromatic rings. The minimum atomic E-state index is -0.113. The summed E-state index contributed by atoms with van der Waals surface area (Å²) in [5.74, 6) is 3.14. The van der Waals surface area contributed by atoms with Crippen molar-refractivity contribution in [2.75, 3.05) is 0 Å². The van der Waals surface area contributed by atoms with Gasteiger partial charge in [0.15, 0.2) is 0 Å². The SMILES string of the molecule is CCCCc1c(C2C(C)=CCC[C@@H]2C)c(C)nn1-c1[c-]c(Oc2[c-]c3c(cc2)c2ccccc2n3-c2cc(C(C)(C)C)ccn2)cc(C(C)(C)C)c1.[Pt+2]. The standard InChI is InChI=1S/C47H54N4O.Pt/c1-11-12-19-41-45(44-30(2)16-15-17-31(44)3)32(4)49-51(41)35-25-34(47(8,9)10)26-37(28-35)52-36-21-22-39-38-18-13-14-20-40(38)50(42(39)29-36)43-27-33(23-24-48-43)46(5,6)7;/h13-14,16,18,20-27,31,44H,11-12,15,17,19H2,1-10H3;/q-2;+2/t31-,44?;/m0./s1. The van der Waals surface area contributed by atoms with Crippen LogP contribution in [0.5, 0.6) is 11.5 Å². The predicted octanol–water partition coefficient (Wildman–Crippen LogP) is 12.5. The molecule has 1 unspecified atom stereocenters. The Morgan fingerprint density at radius 1 is 0.868 bits per heavy atom. The summed E-state index contributed by atoms with van der Waals surface area (Å²) in [5, 5.41) is 7.54. The van der Waals surface area contributed by atoms with E-state index in [1.807, 2.05) is 12.3 Å². The van der Waals surface area contributed by atoms with Crippen molar-refractivity contribution < 1.29 is 25.8 Å². The first-order chi connectivity index (χ1) is 24.7. The topological polar surface area (TPSA) is 44.9 Å². The second-order valence-corrected chi connectivity index (χ2v) is 17.0. The quantitative estimate of drug-likeness (QED) is 0.113. The van der Waals surface area contributed by atoms with E-state index in [1.165, 1.54) is 34.4 Å². The summed E-state index contributed by atoms with van der Waals surface area (Å²) in [5.41, 5.74) is 10.5. The number of para-hydroxylation sites is 1. The number of nitrogens with zero attached hydrogens (tertiary/aromatic N) is 4. The van der Waals surface area contributed by atoms with Crippen LogP contribution in [0.2, 0.25) is 0 Å². The van der Waals surface area contributed by atoms with E-state index in [-0.39, 0.29) is 31.9 Å². The normalized spacial score (nSPS) is 16.5. The van der Waals surface area contributed by atoms with E-state index >= 15 is 0 Å². The summed E-state index contributed by atoms with van der Waals surface area (Å²) in [4.78, 5) is 4.86. The van der Waals surface area contributed by atoms with E-state index in [2.05, 4.69) is 151 Å². The van der Waals surface area contributed by atoms with E-state index in [9.17, 15) is 0 Å². The van der Waals surface area contributed by atoms with Crippen LogP contribution in [0.3, 0.4) is 0 Å². The fourth-order valence-electron chi connectivity index (χ4n) is 8.03. The van der Waals surface area contributed by atoms with Gasteiger partial charge in [-0.2, -0.15) is 11.2 Å². The summed E-state index contributed by atoms with van der Waals surface area (Å²) in [6.45, 7) is 22.6. The van der Waals surface area contributed by atoms with Crippen LogP contribution in [0.4, 0.5) is 0 Å². The second kappa shape index (κ2) is 15.1. The van der Waals surface area contributed by atoms with Gasteiger partial charge in [0, 0.05) is 40.4 Å². The summed E-state index contributed by atoms with van der Waals surface area (Å²) < 4.78 is 11.2. The molecule has 3 aromatic heterocycles. The van der Waals surface area contributed by atoms with Crippen molar-refractivity contribution in [3.8, 4) is 23.0 Å². The van der Waals surface area contributed by atoms with Crippen molar-refractivity contribution in [2.24, 2.45) is 5.92 Å². The Kier molecular flexibility index (Phi) is 11.0. The van der Waals surface area contributed by atoms with Gasteiger partial charge in [-0.05, 0) is 91.1 Å². The maximum absolute atomic E-state index is 6.76. The first kappa shape index (κ1) is 38.8. The molecule has 0 amide bonds. The van der Waals surface area contributed by atoms with Gasteiger partial charge in [-0.1, -0.05) is 97.2 Å². The molecule has 0 fully saturated rings. The number of fused-ring (bicyclic) bond motifs is 3. The largest absolute Gasteiger partial charge is 2.00 e. The number of aryl methyl sites for hydroxylation is 1. The summed E-state index contributed by atoms with van der Waals surface area (Å²) in [7, 11) is 0. The molecule has 278 valence electrons. The Labute approximate surface area is 331 Å². The molecule has 0 radical (unpaired) electrons. The van der Waals surface area contributed by atoms with Gasteiger partial charge in [-0.15, -0.1) is 41.3 Å². The van der Waals surface area contributed by atoms with Crippen molar-refractivity contribution in [3.05, 3.63) is 119 Å². The average molecular weight is 886 g/mol. The predicted molar refractivity (Wildman–Crippen MR) is 216 cm³/mol. The van der Waals surface area contributed by atoms with Gasteiger partial charge in [0.1, 0.15) is 5.82 Å². The van der Waals surface area contributed by atoms with Crippen molar-refractivity contribution >= 4 is 21.8 Å². The summed E-state index contributed by atoms with van der Waals surface area (Å²) in [6, 6.07) is 28.7. The van der Waals surface area contributed by atoms with Gasteiger partial charge in [0.2, 0.25) is 0 Å². The maximum atomic E-state index is 6.76.